The first-order valence-electron chi connectivity index (χ1n) is 11.9. The van der Waals surface area contributed by atoms with Crippen LogP contribution in [-0.2, 0) is 19.4 Å². The lowest BCUT2D eigenvalue weighted by atomic mass is 9.89. The number of allylic oxidation sites excluding steroid dienone is 1. The molecule has 0 unspecified atom stereocenters. The molecule has 0 saturated heterocycles. The van der Waals surface area contributed by atoms with Crippen molar-refractivity contribution in [2.45, 2.75) is 17.7 Å². The molecular weight excluding hydrogens is 520 g/mol. The van der Waals surface area contributed by atoms with Crippen LogP contribution >= 0.6 is 11.3 Å². The Morgan fingerprint density at radius 1 is 0.974 bits per heavy atom. The molecule has 0 fully saturated rings. The van der Waals surface area contributed by atoms with Crippen LogP contribution in [-0.4, -0.2) is 25.6 Å². The molecule has 0 radical (unpaired) electrons. The highest BCUT2D eigenvalue weighted by Gasteiger charge is 2.42. The Balaban J connectivity index is 1.93. The summed E-state index contributed by atoms with van der Waals surface area (Å²) >= 11 is 1.08. The van der Waals surface area contributed by atoms with Crippen LogP contribution in [0.4, 0.5) is 0 Å². The van der Waals surface area contributed by atoms with Crippen LogP contribution in [0.15, 0.2) is 106 Å². The fraction of sp³-hybridized carbons (Fsp3) is 0.103. The van der Waals surface area contributed by atoms with Crippen LogP contribution in [0.25, 0.3) is 17.5 Å². The first-order chi connectivity index (χ1) is 18.3. The van der Waals surface area contributed by atoms with Crippen LogP contribution in [0.1, 0.15) is 24.0 Å². The summed E-state index contributed by atoms with van der Waals surface area (Å²) in [6, 6.07) is 25.8. The van der Waals surface area contributed by atoms with E-state index in [9.17, 15) is 18.0 Å². The number of thiazole rings is 1. The van der Waals surface area contributed by atoms with Gasteiger partial charge in [-0.25, -0.2) is 13.2 Å². The van der Waals surface area contributed by atoms with Gasteiger partial charge in [-0.3, -0.25) is 9.36 Å². The van der Waals surface area contributed by atoms with Crippen LogP contribution < -0.4 is 20.5 Å². The van der Waals surface area contributed by atoms with Gasteiger partial charge in [-0.15, -0.1) is 11.3 Å². The summed E-state index contributed by atoms with van der Waals surface area (Å²) in [6.07, 6.45) is 1.69. The number of nitrogens with zero attached hydrogens (tertiary/aromatic N) is 1. The number of esters is 1. The van der Waals surface area contributed by atoms with Gasteiger partial charge in [-0.05, 0) is 36.3 Å². The highest BCUT2D eigenvalue weighted by Crippen LogP contribution is 2.42. The molecule has 4 aromatic rings. The summed E-state index contributed by atoms with van der Waals surface area (Å²) in [7, 11) is -4.24. The summed E-state index contributed by atoms with van der Waals surface area (Å²) < 4.78 is 35.3. The molecule has 5 rings (SSSR count). The number of hydrogen-bond acceptors (Lipinski definition) is 7. The summed E-state index contributed by atoms with van der Waals surface area (Å²) in [4.78, 5) is 26.9. The second-order valence-corrected chi connectivity index (χ2v) is 11.5. The molecule has 192 valence electrons. The topological polar surface area (TPSA) is 108 Å². The highest BCUT2D eigenvalue weighted by atomic mass is 32.2. The van der Waals surface area contributed by atoms with E-state index in [4.69, 9.17) is 10.5 Å². The minimum Gasteiger partial charge on any atom is -0.463 e. The lowest BCUT2D eigenvalue weighted by Crippen LogP contribution is -2.41. The van der Waals surface area contributed by atoms with E-state index in [1.807, 2.05) is 30.3 Å². The maximum Gasteiger partial charge on any atom is 0.338 e. The van der Waals surface area contributed by atoms with Crippen molar-refractivity contribution in [1.82, 2.24) is 4.57 Å². The van der Waals surface area contributed by atoms with Crippen molar-refractivity contribution in [3.63, 3.8) is 0 Å². The highest BCUT2D eigenvalue weighted by molar-refractivity contribution is 7.95. The number of rotatable bonds is 6. The van der Waals surface area contributed by atoms with E-state index < -0.39 is 27.3 Å². The molecule has 7 nitrogen and oxygen atoms in total. The quantitative estimate of drug-likeness (QED) is 0.374. The standard InChI is InChI=1S/C29H24N2O5S2/c1-2-36-29(33)24-23(20-14-8-4-9-15-20)25(38(34,35)21-16-10-5-11-17-21)26(30)31-27(32)22(37-28(24)31)18-19-12-6-3-7-13-19/h3-18,23H,2,30H2,1H3/t23-/m1/s1. The minimum atomic E-state index is -4.24. The van der Waals surface area contributed by atoms with Crippen molar-refractivity contribution in [3.8, 4) is 0 Å². The molecule has 0 aliphatic carbocycles. The summed E-state index contributed by atoms with van der Waals surface area (Å²) in [5.41, 5.74) is 7.43. The maximum absolute atomic E-state index is 14.1. The van der Waals surface area contributed by atoms with Crippen LogP contribution in [0, 0.1) is 0 Å². The van der Waals surface area contributed by atoms with Crippen LogP contribution in [0.3, 0.4) is 0 Å². The summed E-state index contributed by atoms with van der Waals surface area (Å²) in [5, 5.41) is 0. The van der Waals surface area contributed by atoms with Gasteiger partial charge < -0.3 is 10.5 Å². The van der Waals surface area contributed by atoms with Gasteiger partial charge >= 0.3 is 5.97 Å². The number of carbonyl (C=O) groups excluding carboxylic acids is 1. The first kappa shape index (κ1) is 25.4. The van der Waals surface area contributed by atoms with Gasteiger partial charge in [0.05, 0.1) is 27.5 Å². The molecule has 1 aliphatic rings. The van der Waals surface area contributed by atoms with Gasteiger partial charge in [0.15, 0.2) is 0 Å². The Bertz CT molecular complexity index is 1820. The minimum absolute atomic E-state index is 0.00453. The van der Waals surface area contributed by atoms with E-state index in [-0.39, 0.29) is 32.5 Å². The molecule has 1 aliphatic heterocycles. The van der Waals surface area contributed by atoms with Gasteiger partial charge in [-0.1, -0.05) is 78.9 Å². The molecule has 0 saturated carbocycles. The van der Waals surface area contributed by atoms with E-state index in [0.29, 0.717) is 10.1 Å². The molecule has 1 aromatic heterocycles. The molecule has 0 bridgehead atoms. The van der Waals surface area contributed by atoms with Crippen LogP contribution in [0.5, 0.6) is 0 Å². The van der Waals surface area contributed by atoms with E-state index in [1.165, 1.54) is 12.1 Å². The average Bonchev–Trinajstić information content (AvgIpc) is 3.25. The molecule has 9 heteroatoms. The third kappa shape index (κ3) is 4.40. The van der Waals surface area contributed by atoms with E-state index >= 15 is 0 Å². The van der Waals surface area contributed by atoms with Crippen molar-refractivity contribution < 1.29 is 17.9 Å². The predicted octanol–water partition coefficient (Wildman–Crippen LogP) is 2.81. The molecule has 38 heavy (non-hydrogen) atoms. The molecule has 3 aromatic carbocycles. The van der Waals surface area contributed by atoms with Crippen molar-refractivity contribution in [1.29, 1.82) is 0 Å². The largest absolute Gasteiger partial charge is 0.463 e. The zero-order valence-corrected chi connectivity index (χ0v) is 22.0. The Labute approximate surface area is 223 Å². The third-order valence-corrected chi connectivity index (χ3v) is 9.19. The molecule has 2 N–H and O–H groups in total. The zero-order valence-electron chi connectivity index (χ0n) is 20.4. The number of benzene rings is 3. The molecule has 0 amide bonds. The third-order valence-electron chi connectivity index (χ3n) is 6.17. The van der Waals surface area contributed by atoms with E-state index in [2.05, 4.69) is 0 Å². The fourth-order valence-electron chi connectivity index (χ4n) is 4.49. The van der Waals surface area contributed by atoms with Gasteiger partial charge in [0.2, 0.25) is 9.84 Å². The maximum atomic E-state index is 14.1. The van der Waals surface area contributed by atoms with E-state index in [1.54, 1.807) is 61.5 Å². The molecular formula is C29H24N2O5S2. The number of fused-ring (bicyclic) bond motifs is 1. The van der Waals surface area contributed by atoms with Crippen molar-refractivity contribution in [3.05, 3.63) is 127 Å². The smallest absolute Gasteiger partial charge is 0.338 e. The number of aromatic nitrogens is 1. The normalized spacial score (nSPS) is 15.9. The lowest BCUT2D eigenvalue weighted by molar-refractivity contribution is -0.136. The number of sulfone groups is 1. The zero-order chi connectivity index (χ0) is 26.9. The second-order valence-electron chi connectivity index (χ2n) is 8.51. The van der Waals surface area contributed by atoms with Crippen molar-refractivity contribution in [2.24, 2.45) is 5.73 Å². The lowest BCUT2D eigenvalue weighted by Gasteiger charge is -2.28. The average molecular weight is 545 g/mol. The number of hydrogen-bond donors (Lipinski definition) is 1. The fourth-order valence-corrected chi connectivity index (χ4v) is 7.36. The Hall–Kier alpha value is -4.21. The Morgan fingerprint density at radius 2 is 1.55 bits per heavy atom. The number of carbonyl (C=O) groups is 1. The van der Waals surface area contributed by atoms with Crippen molar-refractivity contribution >= 4 is 44.6 Å². The monoisotopic (exact) mass is 544 g/mol. The Morgan fingerprint density at radius 3 is 2.16 bits per heavy atom. The SMILES string of the molecule is CCOC(=O)C1=c2sc(=Cc3ccccc3)c(=O)n2C(N)=C(S(=O)(=O)c2ccccc2)[C@@H]1c1ccccc1. The van der Waals surface area contributed by atoms with Gasteiger partial charge in [0.25, 0.3) is 5.56 Å². The number of nitrogens with two attached hydrogens (primary N) is 1. The van der Waals surface area contributed by atoms with E-state index in [0.717, 1.165) is 21.5 Å². The summed E-state index contributed by atoms with van der Waals surface area (Å²) in [5.74, 6) is -2.03. The summed E-state index contributed by atoms with van der Waals surface area (Å²) in [6.45, 7) is 1.74. The van der Waals surface area contributed by atoms with Gasteiger partial charge in [-0.2, -0.15) is 0 Å². The number of ether oxygens (including phenoxy) is 1. The molecule has 0 spiro atoms. The predicted molar refractivity (Wildman–Crippen MR) is 148 cm³/mol. The molecule has 2 heterocycles. The van der Waals surface area contributed by atoms with Crippen molar-refractivity contribution in [2.75, 3.05) is 6.61 Å². The molecule has 1 atom stereocenters. The first-order valence-corrected chi connectivity index (χ1v) is 14.2. The van der Waals surface area contributed by atoms with Gasteiger partial charge in [0, 0.05) is 0 Å². The Kier molecular flexibility index (Phi) is 6.88. The second kappa shape index (κ2) is 10.3. The van der Waals surface area contributed by atoms with Gasteiger partial charge in [0.1, 0.15) is 15.4 Å². The van der Waals surface area contributed by atoms with Crippen LogP contribution in [0.2, 0.25) is 0 Å².